The van der Waals surface area contributed by atoms with Crippen molar-refractivity contribution in [1.29, 1.82) is 0 Å². The number of rotatable bonds is 3. The molecule has 1 fully saturated rings. The van der Waals surface area contributed by atoms with E-state index >= 15 is 0 Å². The van der Waals surface area contributed by atoms with E-state index < -0.39 is 11.4 Å². The van der Waals surface area contributed by atoms with Crippen molar-refractivity contribution in [2.75, 3.05) is 7.11 Å². The van der Waals surface area contributed by atoms with E-state index in [1.165, 1.54) is 0 Å². The summed E-state index contributed by atoms with van der Waals surface area (Å²) in [5.41, 5.74) is -0.0105. The Morgan fingerprint density at radius 1 is 1.33 bits per heavy atom. The summed E-state index contributed by atoms with van der Waals surface area (Å²) < 4.78 is 6.19. The molecule has 0 unspecified atom stereocenters. The zero-order valence-electron chi connectivity index (χ0n) is 10.4. The minimum absolute atomic E-state index is 0.661. The van der Waals surface area contributed by atoms with Gasteiger partial charge in [0.25, 0.3) is 0 Å². The Morgan fingerprint density at radius 3 is 2.56 bits per heavy atom. The van der Waals surface area contributed by atoms with Gasteiger partial charge in [-0.3, -0.25) is 4.79 Å². The first kappa shape index (κ1) is 13.4. The number of methoxy groups -OCH3 is 1. The fraction of sp³-hybridized carbons (Fsp3) is 0.500. The Morgan fingerprint density at radius 2 is 2.00 bits per heavy atom. The predicted molar refractivity (Wildman–Crippen MR) is 73.1 cm³/mol. The van der Waals surface area contributed by atoms with E-state index in [0.29, 0.717) is 18.6 Å². The molecule has 1 aromatic carbocycles. The standard InChI is InChI=1S/C14H17BrO3/c1-18-11-7-5-6-10(15)12(11)14(13(16)17)8-3-2-4-9-14/h5-7H,2-4,8-9H2,1H3,(H,16,17). The van der Waals surface area contributed by atoms with Crippen LogP contribution in [0.25, 0.3) is 0 Å². The number of carboxylic acid groups (broad SMARTS) is 1. The zero-order valence-corrected chi connectivity index (χ0v) is 12.0. The topological polar surface area (TPSA) is 46.5 Å². The maximum atomic E-state index is 11.8. The summed E-state index contributed by atoms with van der Waals surface area (Å²) in [7, 11) is 1.59. The summed E-state index contributed by atoms with van der Waals surface area (Å²) >= 11 is 3.48. The third-order valence-corrected chi connectivity index (χ3v) is 4.45. The number of hydrogen-bond acceptors (Lipinski definition) is 2. The predicted octanol–water partition coefficient (Wildman–Crippen LogP) is 3.74. The molecule has 0 bridgehead atoms. The highest BCUT2D eigenvalue weighted by molar-refractivity contribution is 9.10. The van der Waals surface area contributed by atoms with Crippen LogP contribution in [0.1, 0.15) is 37.7 Å². The van der Waals surface area contributed by atoms with Crippen LogP contribution in [0.5, 0.6) is 5.75 Å². The summed E-state index contributed by atoms with van der Waals surface area (Å²) in [6.07, 6.45) is 4.39. The van der Waals surface area contributed by atoms with E-state index in [4.69, 9.17) is 4.74 Å². The molecular weight excluding hydrogens is 296 g/mol. The number of ether oxygens (including phenoxy) is 1. The normalized spacial score (nSPS) is 18.3. The number of carbonyl (C=O) groups is 1. The van der Waals surface area contributed by atoms with E-state index in [1.807, 2.05) is 18.2 Å². The average Bonchev–Trinajstić information content (AvgIpc) is 2.39. The van der Waals surface area contributed by atoms with Gasteiger partial charge in [-0.2, -0.15) is 0 Å². The van der Waals surface area contributed by atoms with E-state index in [-0.39, 0.29) is 0 Å². The number of benzene rings is 1. The van der Waals surface area contributed by atoms with Crippen LogP contribution < -0.4 is 4.74 Å². The summed E-state index contributed by atoms with van der Waals surface area (Å²) in [5.74, 6) is -0.0823. The molecule has 0 radical (unpaired) electrons. The molecule has 0 aliphatic heterocycles. The van der Waals surface area contributed by atoms with Gasteiger partial charge in [-0.15, -0.1) is 0 Å². The summed E-state index contributed by atoms with van der Waals surface area (Å²) in [4.78, 5) is 11.8. The van der Waals surface area contributed by atoms with Gasteiger partial charge in [-0.25, -0.2) is 0 Å². The van der Waals surface area contributed by atoms with Crippen LogP contribution in [-0.4, -0.2) is 18.2 Å². The molecule has 2 rings (SSSR count). The molecule has 18 heavy (non-hydrogen) atoms. The van der Waals surface area contributed by atoms with Crippen LogP contribution in [0, 0.1) is 0 Å². The monoisotopic (exact) mass is 312 g/mol. The molecule has 0 atom stereocenters. The second-order valence-electron chi connectivity index (χ2n) is 4.77. The third-order valence-electron chi connectivity index (χ3n) is 3.79. The lowest BCUT2D eigenvalue weighted by Gasteiger charge is -2.35. The van der Waals surface area contributed by atoms with Crippen molar-refractivity contribution in [2.45, 2.75) is 37.5 Å². The van der Waals surface area contributed by atoms with Crippen LogP contribution in [0.3, 0.4) is 0 Å². The third kappa shape index (κ3) is 2.14. The molecule has 1 aliphatic carbocycles. The molecule has 98 valence electrons. The molecule has 4 heteroatoms. The SMILES string of the molecule is COc1cccc(Br)c1C1(C(=O)O)CCCCC1. The van der Waals surface area contributed by atoms with Crippen LogP contribution >= 0.6 is 15.9 Å². The highest BCUT2D eigenvalue weighted by Gasteiger charge is 2.44. The second-order valence-corrected chi connectivity index (χ2v) is 5.62. The van der Waals surface area contributed by atoms with Gasteiger partial charge in [-0.1, -0.05) is 41.3 Å². The molecule has 1 aliphatic rings. The van der Waals surface area contributed by atoms with Gasteiger partial charge in [0.2, 0.25) is 0 Å². The highest BCUT2D eigenvalue weighted by Crippen LogP contribution is 2.46. The Kier molecular flexibility index (Phi) is 3.95. The average molecular weight is 313 g/mol. The van der Waals surface area contributed by atoms with Crippen LogP contribution in [0.4, 0.5) is 0 Å². The van der Waals surface area contributed by atoms with Gasteiger partial charge < -0.3 is 9.84 Å². The van der Waals surface area contributed by atoms with Gasteiger partial charge >= 0.3 is 5.97 Å². The molecule has 1 saturated carbocycles. The maximum Gasteiger partial charge on any atom is 0.314 e. The molecular formula is C14H17BrO3. The molecule has 0 aromatic heterocycles. The van der Waals surface area contributed by atoms with Crippen molar-refractivity contribution >= 4 is 21.9 Å². The first-order valence-electron chi connectivity index (χ1n) is 6.18. The van der Waals surface area contributed by atoms with Crippen molar-refractivity contribution in [3.05, 3.63) is 28.2 Å². The van der Waals surface area contributed by atoms with Crippen molar-refractivity contribution in [1.82, 2.24) is 0 Å². The zero-order chi connectivity index (χ0) is 13.2. The molecule has 0 spiro atoms. The molecule has 1 aromatic rings. The maximum absolute atomic E-state index is 11.8. The number of halogens is 1. The lowest BCUT2D eigenvalue weighted by atomic mass is 9.69. The number of carboxylic acids is 1. The summed E-state index contributed by atoms with van der Waals surface area (Å²) in [5, 5.41) is 9.71. The van der Waals surface area contributed by atoms with E-state index in [2.05, 4.69) is 15.9 Å². The molecule has 3 nitrogen and oxygen atoms in total. The molecule has 1 N–H and O–H groups in total. The van der Waals surface area contributed by atoms with Crippen molar-refractivity contribution in [3.8, 4) is 5.75 Å². The lowest BCUT2D eigenvalue weighted by Crippen LogP contribution is -2.38. The summed E-state index contributed by atoms with van der Waals surface area (Å²) in [6.45, 7) is 0. The first-order chi connectivity index (χ1) is 8.62. The highest BCUT2D eigenvalue weighted by atomic mass is 79.9. The minimum atomic E-state index is -0.802. The Balaban J connectivity index is 2.58. The lowest BCUT2D eigenvalue weighted by molar-refractivity contribution is -0.145. The molecule has 0 amide bonds. The van der Waals surface area contributed by atoms with E-state index in [0.717, 1.165) is 29.3 Å². The summed E-state index contributed by atoms with van der Waals surface area (Å²) in [6, 6.07) is 5.58. The smallest absolute Gasteiger partial charge is 0.314 e. The van der Waals surface area contributed by atoms with Crippen LogP contribution in [0.2, 0.25) is 0 Å². The fourth-order valence-corrected chi connectivity index (χ4v) is 3.59. The van der Waals surface area contributed by atoms with E-state index in [1.54, 1.807) is 7.11 Å². The van der Waals surface area contributed by atoms with Crippen molar-refractivity contribution in [2.24, 2.45) is 0 Å². The van der Waals surface area contributed by atoms with E-state index in [9.17, 15) is 9.90 Å². The number of aliphatic carboxylic acids is 1. The fourth-order valence-electron chi connectivity index (χ4n) is 2.86. The molecule has 0 heterocycles. The van der Waals surface area contributed by atoms with Gasteiger partial charge in [0, 0.05) is 10.0 Å². The largest absolute Gasteiger partial charge is 0.496 e. The molecule has 0 saturated heterocycles. The minimum Gasteiger partial charge on any atom is -0.496 e. The van der Waals surface area contributed by atoms with Gasteiger partial charge in [0.15, 0.2) is 0 Å². The van der Waals surface area contributed by atoms with Gasteiger partial charge in [-0.05, 0) is 25.0 Å². The van der Waals surface area contributed by atoms with Gasteiger partial charge in [0.1, 0.15) is 5.75 Å². The second kappa shape index (κ2) is 5.31. The quantitative estimate of drug-likeness (QED) is 0.924. The Hall–Kier alpha value is -1.03. The van der Waals surface area contributed by atoms with Gasteiger partial charge in [0.05, 0.1) is 12.5 Å². The Bertz CT molecular complexity index is 450. The number of hydrogen-bond donors (Lipinski definition) is 1. The Labute approximate surface area is 115 Å². The van der Waals surface area contributed by atoms with Crippen LogP contribution in [0.15, 0.2) is 22.7 Å². The van der Waals surface area contributed by atoms with Crippen molar-refractivity contribution < 1.29 is 14.6 Å². The first-order valence-corrected chi connectivity index (χ1v) is 6.97. The van der Waals surface area contributed by atoms with Crippen molar-refractivity contribution in [3.63, 3.8) is 0 Å². The van der Waals surface area contributed by atoms with Crippen LogP contribution in [-0.2, 0) is 10.2 Å².